The van der Waals surface area contributed by atoms with Gasteiger partial charge in [0.2, 0.25) is 0 Å². The van der Waals surface area contributed by atoms with Crippen molar-refractivity contribution in [3.8, 4) is 0 Å². The number of aliphatic carboxylic acids is 1. The van der Waals surface area contributed by atoms with E-state index in [1.54, 1.807) is 6.92 Å². The van der Waals surface area contributed by atoms with E-state index in [1.165, 1.54) is 0 Å². The summed E-state index contributed by atoms with van der Waals surface area (Å²) in [5.41, 5.74) is 2.37. The maximum Gasteiger partial charge on any atom is 0.303 e. The third kappa shape index (κ3) is 2.99. The van der Waals surface area contributed by atoms with Gasteiger partial charge < -0.3 is 15.4 Å². The predicted molar refractivity (Wildman–Crippen MR) is 76.8 cm³/mol. The molecule has 0 fully saturated rings. The number of carboxylic acids is 1. The van der Waals surface area contributed by atoms with E-state index in [2.05, 4.69) is 10.3 Å². The molecular formula is C15H18N2O3. The molecule has 0 saturated heterocycles. The van der Waals surface area contributed by atoms with E-state index < -0.39 is 5.97 Å². The maximum absolute atomic E-state index is 12.3. The van der Waals surface area contributed by atoms with Gasteiger partial charge in [0, 0.05) is 29.6 Å². The fourth-order valence-electron chi connectivity index (χ4n) is 2.29. The Morgan fingerprint density at radius 3 is 2.75 bits per heavy atom. The number of carbonyl (C=O) groups is 2. The van der Waals surface area contributed by atoms with Gasteiger partial charge in [-0.2, -0.15) is 0 Å². The monoisotopic (exact) mass is 274 g/mol. The van der Waals surface area contributed by atoms with E-state index in [0.29, 0.717) is 12.1 Å². The predicted octanol–water partition coefficient (Wildman–Crippen LogP) is 2.32. The molecule has 0 bridgehead atoms. The third-order valence-corrected chi connectivity index (χ3v) is 3.25. The number of benzene rings is 1. The van der Waals surface area contributed by atoms with Gasteiger partial charge in [-0.3, -0.25) is 9.59 Å². The first-order valence-corrected chi connectivity index (χ1v) is 6.56. The number of nitrogens with one attached hydrogen (secondary N) is 2. The summed E-state index contributed by atoms with van der Waals surface area (Å²) in [4.78, 5) is 26.0. The first-order chi connectivity index (χ1) is 9.49. The van der Waals surface area contributed by atoms with Crippen molar-refractivity contribution in [3.63, 3.8) is 0 Å². The Bertz CT molecular complexity index is 646. The van der Waals surface area contributed by atoms with Crippen molar-refractivity contribution < 1.29 is 14.7 Å². The lowest BCUT2D eigenvalue weighted by Crippen LogP contribution is -2.29. The minimum Gasteiger partial charge on any atom is -0.481 e. The van der Waals surface area contributed by atoms with Gasteiger partial charge in [-0.1, -0.05) is 25.1 Å². The molecule has 1 aromatic heterocycles. The lowest BCUT2D eigenvalue weighted by molar-refractivity contribution is -0.137. The molecule has 1 unspecified atom stereocenters. The molecule has 3 N–H and O–H groups in total. The molecule has 1 aromatic carbocycles. The van der Waals surface area contributed by atoms with Crippen LogP contribution in [0.15, 0.2) is 24.3 Å². The van der Waals surface area contributed by atoms with Crippen LogP contribution in [0.4, 0.5) is 0 Å². The Balaban J connectivity index is 2.12. The van der Waals surface area contributed by atoms with Crippen LogP contribution in [0.3, 0.4) is 0 Å². The molecule has 5 heteroatoms. The highest BCUT2D eigenvalue weighted by atomic mass is 16.4. The topological polar surface area (TPSA) is 82.2 Å². The summed E-state index contributed by atoms with van der Waals surface area (Å²) in [5.74, 6) is -1.12. The lowest BCUT2D eigenvalue weighted by Gasteiger charge is -2.10. The first-order valence-electron chi connectivity index (χ1n) is 6.56. The van der Waals surface area contributed by atoms with Crippen LogP contribution < -0.4 is 5.32 Å². The summed E-state index contributed by atoms with van der Waals surface area (Å²) in [6, 6.07) is 7.62. The van der Waals surface area contributed by atoms with E-state index in [4.69, 9.17) is 5.11 Å². The van der Waals surface area contributed by atoms with Gasteiger partial charge in [-0.15, -0.1) is 0 Å². The number of amides is 1. The molecule has 106 valence electrons. The van der Waals surface area contributed by atoms with E-state index >= 15 is 0 Å². The largest absolute Gasteiger partial charge is 0.481 e. The van der Waals surface area contributed by atoms with Crippen LogP contribution in [0.2, 0.25) is 0 Å². The normalized spacial score (nSPS) is 12.3. The molecule has 20 heavy (non-hydrogen) atoms. The quantitative estimate of drug-likeness (QED) is 0.782. The van der Waals surface area contributed by atoms with Crippen LogP contribution in [-0.2, 0) is 4.79 Å². The van der Waals surface area contributed by atoms with Gasteiger partial charge in [0.05, 0.1) is 5.56 Å². The number of hydrogen-bond donors (Lipinski definition) is 3. The molecular weight excluding hydrogens is 256 g/mol. The number of H-pyrrole nitrogens is 1. The zero-order valence-corrected chi connectivity index (χ0v) is 11.6. The highest BCUT2D eigenvalue weighted by molar-refractivity contribution is 6.08. The summed E-state index contributed by atoms with van der Waals surface area (Å²) in [6.45, 7) is 4.01. The fourth-order valence-corrected chi connectivity index (χ4v) is 2.29. The highest BCUT2D eigenvalue weighted by Gasteiger charge is 2.16. The Kier molecular flexibility index (Phi) is 4.08. The van der Waals surface area contributed by atoms with Crippen LogP contribution in [0, 0.1) is 12.8 Å². The molecule has 0 aliphatic carbocycles. The first kappa shape index (κ1) is 14.1. The number of aromatic amines is 1. The van der Waals surface area contributed by atoms with Gasteiger partial charge >= 0.3 is 5.97 Å². The molecule has 0 aliphatic rings. The Hall–Kier alpha value is -2.30. The van der Waals surface area contributed by atoms with Crippen LogP contribution in [-0.4, -0.2) is 28.5 Å². The minimum absolute atomic E-state index is 0.0488. The molecule has 1 atom stereocenters. The van der Waals surface area contributed by atoms with Crippen LogP contribution in [0.1, 0.15) is 29.4 Å². The number of para-hydroxylation sites is 1. The summed E-state index contributed by atoms with van der Waals surface area (Å²) >= 11 is 0. The van der Waals surface area contributed by atoms with E-state index in [-0.39, 0.29) is 18.2 Å². The minimum atomic E-state index is -0.852. The second kappa shape index (κ2) is 5.77. The molecule has 1 amide bonds. The molecule has 2 aromatic rings. The van der Waals surface area contributed by atoms with E-state index in [9.17, 15) is 9.59 Å². The highest BCUT2D eigenvalue weighted by Crippen LogP contribution is 2.21. The van der Waals surface area contributed by atoms with Gasteiger partial charge in [-0.25, -0.2) is 0 Å². The Labute approximate surface area is 117 Å². The van der Waals surface area contributed by atoms with Crippen molar-refractivity contribution in [1.82, 2.24) is 10.3 Å². The van der Waals surface area contributed by atoms with Crippen molar-refractivity contribution in [2.45, 2.75) is 20.3 Å². The average Bonchev–Trinajstić information content (AvgIpc) is 2.71. The maximum atomic E-state index is 12.3. The number of carbonyl (C=O) groups excluding carboxylic acids is 1. The van der Waals surface area contributed by atoms with Gasteiger partial charge in [0.1, 0.15) is 0 Å². The molecule has 0 spiro atoms. The number of hydrogen-bond acceptors (Lipinski definition) is 2. The number of fused-ring (bicyclic) bond motifs is 1. The summed E-state index contributed by atoms with van der Waals surface area (Å²) < 4.78 is 0. The smallest absolute Gasteiger partial charge is 0.303 e. The lowest BCUT2D eigenvalue weighted by atomic mass is 10.1. The molecule has 0 radical (unpaired) electrons. The number of aromatic nitrogens is 1. The number of rotatable bonds is 5. The van der Waals surface area contributed by atoms with Crippen molar-refractivity contribution in [2.24, 2.45) is 5.92 Å². The third-order valence-electron chi connectivity index (χ3n) is 3.25. The van der Waals surface area contributed by atoms with Crippen molar-refractivity contribution in [1.29, 1.82) is 0 Å². The number of aryl methyl sites for hydroxylation is 1. The summed E-state index contributed by atoms with van der Waals surface area (Å²) in [7, 11) is 0. The average molecular weight is 274 g/mol. The zero-order chi connectivity index (χ0) is 14.7. The summed E-state index contributed by atoms with van der Waals surface area (Å²) in [6.07, 6.45) is 0.0488. The van der Waals surface area contributed by atoms with E-state index in [1.807, 2.05) is 31.2 Å². The molecule has 1 heterocycles. The fraction of sp³-hybridized carbons (Fsp3) is 0.333. The zero-order valence-electron chi connectivity index (χ0n) is 11.6. The Morgan fingerprint density at radius 1 is 1.35 bits per heavy atom. The van der Waals surface area contributed by atoms with Gasteiger partial charge in [0.25, 0.3) is 5.91 Å². The molecule has 5 nitrogen and oxygen atoms in total. The second-order valence-corrected chi connectivity index (χ2v) is 5.08. The van der Waals surface area contributed by atoms with Gasteiger partial charge in [-0.05, 0) is 18.9 Å². The van der Waals surface area contributed by atoms with Crippen LogP contribution in [0.5, 0.6) is 0 Å². The molecule has 2 rings (SSSR count). The van der Waals surface area contributed by atoms with Crippen molar-refractivity contribution in [3.05, 3.63) is 35.5 Å². The van der Waals surface area contributed by atoms with Crippen LogP contribution in [0.25, 0.3) is 10.9 Å². The van der Waals surface area contributed by atoms with Gasteiger partial charge in [0.15, 0.2) is 0 Å². The molecule has 0 aliphatic heterocycles. The SMILES string of the molecule is Cc1[nH]c2ccccc2c1C(=O)NCC(C)CC(=O)O. The van der Waals surface area contributed by atoms with E-state index in [0.717, 1.165) is 16.6 Å². The standard InChI is InChI=1S/C15H18N2O3/c1-9(7-13(18)19)8-16-15(20)14-10(2)17-12-6-4-3-5-11(12)14/h3-6,9,17H,7-8H2,1-2H3,(H,16,20)(H,18,19). The Morgan fingerprint density at radius 2 is 2.05 bits per heavy atom. The summed E-state index contributed by atoms with van der Waals surface area (Å²) in [5, 5.41) is 12.4. The second-order valence-electron chi connectivity index (χ2n) is 5.08. The van der Waals surface area contributed by atoms with Crippen LogP contribution >= 0.6 is 0 Å². The molecule has 0 saturated carbocycles. The number of carboxylic acid groups (broad SMARTS) is 1. The van der Waals surface area contributed by atoms with Crippen molar-refractivity contribution in [2.75, 3.05) is 6.54 Å². The van der Waals surface area contributed by atoms with Crippen molar-refractivity contribution >= 4 is 22.8 Å².